The first-order valence-corrected chi connectivity index (χ1v) is 18.6. The molecule has 2 heterocycles. The molecule has 3 fully saturated rings. The topological polar surface area (TPSA) is 91.4 Å². The number of nitrogens with zero attached hydrogens (tertiary/aromatic N) is 3. The maximum atomic E-state index is 13.9. The fourth-order valence-electron chi connectivity index (χ4n) is 5.39. The fourth-order valence-corrected chi connectivity index (χ4v) is 6.81. The molecule has 1 amide bonds. The SMILES string of the molecule is CCC(F)CNc1ncc(C(=O)NC2CCN(CC3CC3)CC2)c(N[C@H]2CC[C@H](O[Si](C)(C)C(C)(C)C)CC2)n1. The molecule has 2 aliphatic carbocycles. The smallest absolute Gasteiger partial charge is 0.256 e. The summed E-state index contributed by atoms with van der Waals surface area (Å²) in [4.78, 5) is 25.0. The van der Waals surface area contributed by atoms with Crippen LogP contribution in [0, 0.1) is 5.92 Å². The van der Waals surface area contributed by atoms with Crippen molar-refractivity contribution in [3.8, 4) is 0 Å². The van der Waals surface area contributed by atoms with Crippen molar-refractivity contribution in [3.05, 3.63) is 11.8 Å². The van der Waals surface area contributed by atoms with E-state index < -0.39 is 14.5 Å². The van der Waals surface area contributed by atoms with Gasteiger partial charge < -0.3 is 25.3 Å². The lowest BCUT2D eigenvalue weighted by Gasteiger charge is -2.41. The van der Waals surface area contributed by atoms with Gasteiger partial charge in [0.2, 0.25) is 5.95 Å². The molecule has 3 aliphatic rings. The third-order valence-corrected chi connectivity index (χ3v) is 13.9. The van der Waals surface area contributed by atoms with Gasteiger partial charge in [-0.2, -0.15) is 4.98 Å². The zero-order valence-electron chi connectivity index (χ0n) is 25.7. The van der Waals surface area contributed by atoms with Crippen LogP contribution in [-0.2, 0) is 4.43 Å². The van der Waals surface area contributed by atoms with E-state index >= 15 is 0 Å². The Labute approximate surface area is 242 Å². The van der Waals surface area contributed by atoms with Crippen LogP contribution in [0.4, 0.5) is 16.2 Å². The van der Waals surface area contributed by atoms with Gasteiger partial charge in [-0.05, 0) is 81.8 Å². The summed E-state index contributed by atoms with van der Waals surface area (Å²) in [6.07, 6.45) is 9.88. The van der Waals surface area contributed by atoms with Gasteiger partial charge in [0.25, 0.3) is 5.91 Å². The number of rotatable bonds is 12. The van der Waals surface area contributed by atoms with Gasteiger partial charge in [0.15, 0.2) is 8.32 Å². The van der Waals surface area contributed by atoms with Gasteiger partial charge in [0.05, 0.1) is 0 Å². The van der Waals surface area contributed by atoms with E-state index in [1.807, 2.05) is 6.92 Å². The molecule has 10 heteroatoms. The predicted molar refractivity (Wildman–Crippen MR) is 163 cm³/mol. The lowest BCUT2D eigenvalue weighted by Crippen LogP contribution is -2.45. The number of alkyl halides is 1. The molecule has 1 aromatic heterocycles. The Kier molecular flexibility index (Phi) is 10.5. The Morgan fingerprint density at radius 2 is 1.77 bits per heavy atom. The minimum absolute atomic E-state index is 0.137. The van der Waals surface area contributed by atoms with Gasteiger partial charge >= 0.3 is 0 Å². The summed E-state index contributed by atoms with van der Waals surface area (Å²) >= 11 is 0. The van der Waals surface area contributed by atoms with Gasteiger partial charge in [-0.1, -0.05) is 27.7 Å². The molecule has 3 N–H and O–H groups in total. The molecule has 0 bridgehead atoms. The summed E-state index contributed by atoms with van der Waals surface area (Å²) in [6, 6.07) is 0.358. The van der Waals surface area contributed by atoms with E-state index in [0.29, 0.717) is 23.8 Å². The number of aromatic nitrogens is 2. The van der Waals surface area contributed by atoms with Gasteiger partial charge in [-0.25, -0.2) is 9.37 Å². The van der Waals surface area contributed by atoms with Crippen molar-refractivity contribution in [1.29, 1.82) is 0 Å². The number of carbonyl (C=O) groups is 1. The highest BCUT2D eigenvalue weighted by Crippen LogP contribution is 2.39. The summed E-state index contributed by atoms with van der Waals surface area (Å²) in [6.45, 7) is 16.7. The fraction of sp³-hybridized carbons (Fsp3) is 0.833. The van der Waals surface area contributed by atoms with Crippen molar-refractivity contribution < 1.29 is 13.6 Å². The summed E-state index contributed by atoms with van der Waals surface area (Å²) in [5, 5.41) is 10.0. The molecule has 0 spiro atoms. The maximum Gasteiger partial charge on any atom is 0.256 e. The van der Waals surface area contributed by atoms with E-state index in [9.17, 15) is 9.18 Å². The third-order valence-electron chi connectivity index (χ3n) is 9.38. The zero-order valence-corrected chi connectivity index (χ0v) is 26.7. The molecule has 1 aliphatic heterocycles. The molecule has 1 aromatic rings. The molecule has 1 unspecified atom stereocenters. The molecule has 8 nitrogen and oxygen atoms in total. The Morgan fingerprint density at radius 3 is 2.38 bits per heavy atom. The van der Waals surface area contributed by atoms with Crippen LogP contribution in [0.25, 0.3) is 0 Å². The summed E-state index contributed by atoms with van der Waals surface area (Å²) in [5.74, 6) is 1.63. The number of halogens is 1. The highest BCUT2D eigenvalue weighted by Gasteiger charge is 2.40. The van der Waals surface area contributed by atoms with Crippen LogP contribution in [0.1, 0.15) is 95.8 Å². The highest BCUT2D eigenvalue weighted by atomic mass is 28.4. The number of hydrogen-bond acceptors (Lipinski definition) is 7. The summed E-state index contributed by atoms with van der Waals surface area (Å²) in [5.41, 5.74) is 0.456. The summed E-state index contributed by atoms with van der Waals surface area (Å²) in [7, 11) is -1.81. The number of hydrogen-bond donors (Lipinski definition) is 3. The number of piperidine rings is 1. The molecule has 2 saturated carbocycles. The van der Waals surface area contributed by atoms with Gasteiger partial charge in [-0.15, -0.1) is 0 Å². The van der Waals surface area contributed by atoms with Gasteiger partial charge in [0, 0.05) is 50.6 Å². The first-order chi connectivity index (χ1) is 18.9. The Bertz CT molecular complexity index is 969. The average Bonchev–Trinajstić information content (AvgIpc) is 3.73. The Hall–Kier alpha value is -1.78. The van der Waals surface area contributed by atoms with E-state index in [1.165, 1.54) is 19.4 Å². The maximum absolute atomic E-state index is 13.9. The molecular weight excluding hydrogens is 523 g/mol. The average molecular weight is 577 g/mol. The molecule has 1 saturated heterocycles. The molecule has 40 heavy (non-hydrogen) atoms. The van der Waals surface area contributed by atoms with Crippen molar-refractivity contribution >= 4 is 26.0 Å². The zero-order chi connectivity index (χ0) is 28.9. The lowest BCUT2D eigenvalue weighted by atomic mass is 9.93. The van der Waals surface area contributed by atoms with Crippen LogP contribution in [0.3, 0.4) is 0 Å². The van der Waals surface area contributed by atoms with Crippen molar-refractivity contribution in [1.82, 2.24) is 20.2 Å². The molecule has 0 aromatic carbocycles. The number of likely N-dealkylation sites (tertiary alicyclic amines) is 1. The highest BCUT2D eigenvalue weighted by molar-refractivity contribution is 6.74. The van der Waals surface area contributed by atoms with E-state index in [0.717, 1.165) is 57.5 Å². The van der Waals surface area contributed by atoms with Crippen molar-refractivity contribution in [3.63, 3.8) is 0 Å². The van der Waals surface area contributed by atoms with Crippen molar-refractivity contribution in [2.24, 2.45) is 5.92 Å². The molecule has 226 valence electrons. The van der Waals surface area contributed by atoms with E-state index in [-0.39, 0.29) is 35.7 Å². The second-order valence-corrected chi connectivity index (χ2v) is 18.6. The minimum atomic E-state index is -1.81. The van der Waals surface area contributed by atoms with E-state index in [4.69, 9.17) is 4.43 Å². The van der Waals surface area contributed by atoms with Crippen LogP contribution in [0.5, 0.6) is 0 Å². The number of amides is 1. The Morgan fingerprint density at radius 1 is 1.10 bits per heavy atom. The predicted octanol–water partition coefficient (Wildman–Crippen LogP) is 5.99. The first kappa shape index (κ1) is 31.2. The Balaban J connectivity index is 1.37. The normalized spacial score (nSPS) is 24.0. The van der Waals surface area contributed by atoms with Crippen LogP contribution in [-0.4, -0.2) is 79.6 Å². The van der Waals surface area contributed by atoms with Crippen LogP contribution in [0.15, 0.2) is 6.20 Å². The summed E-state index contributed by atoms with van der Waals surface area (Å²) < 4.78 is 20.6. The lowest BCUT2D eigenvalue weighted by molar-refractivity contribution is 0.0909. The van der Waals surface area contributed by atoms with Gasteiger partial charge in [0.1, 0.15) is 17.6 Å². The number of carbonyl (C=O) groups excluding carboxylic acids is 1. The quantitative estimate of drug-likeness (QED) is 0.264. The first-order valence-electron chi connectivity index (χ1n) is 15.7. The third kappa shape index (κ3) is 8.86. The molecule has 0 radical (unpaired) electrons. The van der Waals surface area contributed by atoms with E-state index in [1.54, 1.807) is 6.20 Å². The molecular formula is C30H53FN6O2Si. The minimum Gasteiger partial charge on any atom is -0.414 e. The number of anilines is 2. The number of nitrogens with one attached hydrogen (secondary N) is 3. The van der Waals surface area contributed by atoms with Crippen LogP contribution in [0.2, 0.25) is 18.1 Å². The van der Waals surface area contributed by atoms with Crippen LogP contribution < -0.4 is 16.0 Å². The molecule has 1 atom stereocenters. The second kappa shape index (κ2) is 13.5. The molecule has 4 rings (SSSR count). The largest absolute Gasteiger partial charge is 0.414 e. The monoisotopic (exact) mass is 576 g/mol. The second-order valence-electron chi connectivity index (χ2n) is 13.8. The van der Waals surface area contributed by atoms with Crippen LogP contribution >= 0.6 is 0 Å². The van der Waals surface area contributed by atoms with Crippen molar-refractivity contribution in [2.75, 3.05) is 36.8 Å². The van der Waals surface area contributed by atoms with Gasteiger partial charge in [-0.3, -0.25) is 4.79 Å². The van der Waals surface area contributed by atoms with Crippen molar-refractivity contribution in [2.45, 2.75) is 128 Å². The van der Waals surface area contributed by atoms with E-state index in [2.05, 4.69) is 64.7 Å². The standard InChI is InChI=1S/C30H53FN6O2Si/c1-7-22(31)18-32-29-33-19-26(28(38)35-24-14-16-37(17-15-24)20-21-8-9-21)27(36-29)34-23-10-12-25(13-11-23)39-40(5,6)30(2,3)4/h19,21-25H,7-18,20H2,1-6H3,(H,35,38)(H2,32,33,34,36)/t22?,23-,25-.